The molecule has 1 aromatic heterocycles. The number of rotatable bonds is 3. The first kappa shape index (κ1) is 12.9. The molecule has 1 aliphatic rings. The number of aromatic nitrogens is 2. The van der Waals surface area contributed by atoms with Gasteiger partial charge in [-0.15, -0.1) is 0 Å². The summed E-state index contributed by atoms with van der Waals surface area (Å²) in [5, 5.41) is 3.16. The summed E-state index contributed by atoms with van der Waals surface area (Å²) in [5.74, 6) is 2.27. The largest absolute Gasteiger partial charge is 0.493 e. The molecule has 3 rings (SSSR count). The van der Waals surface area contributed by atoms with Crippen molar-refractivity contribution in [3.05, 3.63) is 35.7 Å². The predicted molar refractivity (Wildman–Crippen MR) is 80.3 cm³/mol. The van der Waals surface area contributed by atoms with Crippen molar-refractivity contribution in [2.45, 2.75) is 26.2 Å². The highest BCUT2D eigenvalue weighted by molar-refractivity contribution is 5.70. The summed E-state index contributed by atoms with van der Waals surface area (Å²) in [6.45, 7) is 5.11. The fourth-order valence-electron chi connectivity index (χ4n) is 2.71. The fraction of sp³-hybridized carbons (Fsp3) is 0.375. The van der Waals surface area contributed by atoms with Crippen molar-refractivity contribution in [3.8, 4) is 17.0 Å². The van der Waals surface area contributed by atoms with Gasteiger partial charge in [-0.25, -0.2) is 9.97 Å². The van der Waals surface area contributed by atoms with E-state index in [0.29, 0.717) is 5.92 Å². The second-order valence-electron chi connectivity index (χ2n) is 5.31. The SMILES string of the molecule is CNc1ncnc(-c2ccc3c(c2)CCO3)c1C(C)C. The third kappa shape index (κ3) is 2.11. The predicted octanol–water partition coefficient (Wildman–Crippen LogP) is 3.24. The average Bonchev–Trinajstić information content (AvgIpc) is 2.93. The lowest BCUT2D eigenvalue weighted by atomic mass is 9.96. The van der Waals surface area contributed by atoms with Gasteiger partial charge < -0.3 is 10.1 Å². The van der Waals surface area contributed by atoms with Crippen LogP contribution in [0.5, 0.6) is 5.75 Å². The quantitative estimate of drug-likeness (QED) is 0.929. The molecule has 4 heteroatoms. The lowest BCUT2D eigenvalue weighted by Gasteiger charge is -2.16. The highest BCUT2D eigenvalue weighted by Gasteiger charge is 2.18. The van der Waals surface area contributed by atoms with Gasteiger partial charge in [-0.1, -0.05) is 13.8 Å². The first-order valence-corrected chi connectivity index (χ1v) is 6.99. The number of nitrogens with one attached hydrogen (secondary N) is 1. The smallest absolute Gasteiger partial charge is 0.133 e. The Morgan fingerprint density at radius 1 is 1.25 bits per heavy atom. The maximum absolute atomic E-state index is 5.57. The maximum Gasteiger partial charge on any atom is 0.133 e. The molecule has 0 atom stereocenters. The molecule has 1 N–H and O–H groups in total. The summed E-state index contributed by atoms with van der Waals surface area (Å²) >= 11 is 0. The average molecular weight is 269 g/mol. The van der Waals surface area contributed by atoms with Crippen LogP contribution in [0.15, 0.2) is 24.5 Å². The maximum atomic E-state index is 5.57. The van der Waals surface area contributed by atoms with Crippen molar-refractivity contribution in [3.63, 3.8) is 0 Å². The van der Waals surface area contributed by atoms with E-state index in [9.17, 15) is 0 Å². The van der Waals surface area contributed by atoms with Crippen molar-refractivity contribution in [2.24, 2.45) is 0 Å². The van der Waals surface area contributed by atoms with Crippen LogP contribution in [0.25, 0.3) is 11.3 Å². The summed E-state index contributed by atoms with van der Waals surface area (Å²) in [4.78, 5) is 8.84. The molecule has 0 spiro atoms. The zero-order valence-electron chi connectivity index (χ0n) is 12.1. The summed E-state index contributed by atoms with van der Waals surface area (Å²) < 4.78 is 5.57. The normalized spacial score (nSPS) is 13.2. The Hall–Kier alpha value is -2.10. The van der Waals surface area contributed by atoms with E-state index in [0.717, 1.165) is 41.4 Å². The Bertz CT molecular complexity index is 638. The van der Waals surface area contributed by atoms with Crippen LogP contribution in [0.1, 0.15) is 30.9 Å². The van der Waals surface area contributed by atoms with Gasteiger partial charge in [0, 0.05) is 24.6 Å². The monoisotopic (exact) mass is 269 g/mol. The Labute approximate surface area is 119 Å². The lowest BCUT2D eigenvalue weighted by molar-refractivity contribution is 0.357. The second-order valence-corrected chi connectivity index (χ2v) is 5.31. The number of nitrogens with zero attached hydrogens (tertiary/aromatic N) is 2. The number of benzene rings is 1. The van der Waals surface area contributed by atoms with Crippen molar-refractivity contribution >= 4 is 5.82 Å². The Balaban J connectivity index is 2.14. The minimum absolute atomic E-state index is 0.359. The molecule has 104 valence electrons. The first-order chi connectivity index (χ1) is 9.70. The van der Waals surface area contributed by atoms with Crippen LogP contribution in [-0.4, -0.2) is 23.6 Å². The summed E-state index contributed by atoms with van der Waals surface area (Å²) in [6.07, 6.45) is 2.60. The van der Waals surface area contributed by atoms with E-state index in [2.05, 4.69) is 41.3 Å². The Morgan fingerprint density at radius 3 is 2.85 bits per heavy atom. The van der Waals surface area contributed by atoms with Crippen LogP contribution in [0, 0.1) is 0 Å². The molecule has 0 fully saturated rings. The summed E-state index contributed by atoms with van der Waals surface area (Å²) in [5.41, 5.74) is 4.57. The molecule has 1 aromatic carbocycles. The highest BCUT2D eigenvalue weighted by Crippen LogP contribution is 2.35. The van der Waals surface area contributed by atoms with Crippen LogP contribution < -0.4 is 10.1 Å². The van der Waals surface area contributed by atoms with Gasteiger partial charge in [0.05, 0.1) is 12.3 Å². The number of hydrogen-bond acceptors (Lipinski definition) is 4. The van der Waals surface area contributed by atoms with E-state index in [4.69, 9.17) is 4.74 Å². The van der Waals surface area contributed by atoms with Gasteiger partial charge in [-0.3, -0.25) is 0 Å². The molecular formula is C16H19N3O. The molecule has 1 aliphatic heterocycles. The standard InChI is InChI=1S/C16H19N3O/c1-10(2)14-15(18-9-19-16(14)17-3)12-4-5-13-11(8-12)6-7-20-13/h4-5,8-10H,6-7H2,1-3H3,(H,17,18,19). The van der Waals surface area contributed by atoms with E-state index in [1.54, 1.807) is 6.33 Å². The molecule has 0 saturated carbocycles. The van der Waals surface area contributed by atoms with Gasteiger partial charge in [-0.2, -0.15) is 0 Å². The van der Waals surface area contributed by atoms with Crippen molar-refractivity contribution in [1.82, 2.24) is 9.97 Å². The van der Waals surface area contributed by atoms with Crippen LogP contribution in [0.3, 0.4) is 0 Å². The molecule has 0 saturated heterocycles. The van der Waals surface area contributed by atoms with Crippen LogP contribution in [-0.2, 0) is 6.42 Å². The Morgan fingerprint density at radius 2 is 2.10 bits per heavy atom. The van der Waals surface area contributed by atoms with Gasteiger partial charge in [0.1, 0.15) is 17.9 Å². The number of fused-ring (bicyclic) bond motifs is 1. The molecule has 0 aliphatic carbocycles. The summed E-state index contributed by atoms with van der Waals surface area (Å²) in [6, 6.07) is 6.32. The molecule has 0 amide bonds. The van der Waals surface area contributed by atoms with Gasteiger partial charge >= 0.3 is 0 Å². The van der Waals surface area contributed by atoms with Crippen LogP contribution >= 0.6 is 0 Å². The molecule has 20 heavy (non-hydrogen) atoms. The zero-order chi connectivity index (χ0) is 14.1. The first-order valence-electron chi connectivity index (χ1n) is 6.99. The molecule has 2 aromatic rings. The molecule has 0 bridgehead atoms. The van der Waals surface area contributed by atoms with E-state index >= 15 is 0 Å². The third-order valence-electron chi connectivity index (χ3n) is 3.66. The zero-order valence-corrected chi connectivity index (χ0v) is 12.1. The lowest BCUT2D eigenvalue weighted by Crippen LogP contribution is -2.04. The van der Waals surface area contributed by atoms with Gasteiger partial charge in [-0.05, 0) is 29.7 Å². The van der Waals surface area contributed by atoms with Gasteiger partial charge in [0.15, 0.2) is 0 Å². The fourth-order valence-corrected chi connectivity index (χ4v) is 2.71. The van der Waals surface area contributed by atoms with Crippen molar-refractivity contribution in [1.29, 1.82) is 0 Å². The minimum atomic E-state index is 0.359. The topological polar surface area (TPSA) is 47.0 Å². The summed E-state index contributed by atoms with van der Waals surface area (Å²) in [7, 11) is 1.90. The van der Waals surface area contributed by atoms with Gasteiger partial charge in [0.25, 0.3) is 0 Å². The number of ether oxygens (including phenoxy) is 1. The van der Waals surface area contributed by atoms with Gasteiger partial charge in [0.2, 0.25) is 0 Å². The van der Waals surface area contributed by atoms with E-state index in [1.165, 1.54) is 5.56 Å². The molecule has 0 radical (unpaired) electrons. The van der Waals surface area contributed by atoms with Crippen LogP contribution in [0.2, 0.25) is 0 Å². The van der Waals surface area contributed by atoms with E-state index in [1.807, 2.05) is 13.1 Å². The minimum Gasteiger partial charge on any atom is -0.493 e. The molecule has 2 heterocycles. The van der Waals surface area contributed by atoms with E-state index < -0.39 is 0 Å². The Kier molecular flexibility index (Phi) is 3.30. The number of hydrogen-bond donors (Lipinski definition) is 1. The number of anilines is 1. The molecular weight excluding hydrogens is 250 g/mol. The molecule has 4 nitrogen and oxygen atoms in total. The third-order valence-corrected chi connectivity index (χ3v) is 3.66. The van der Waals surface area contributed by atoms with Crippen LogP contribution in [0.4, 0.5) is 5.82 Å². The van der Waals surface area contributed by atoms with E-state index in [-0.39, 0.29) is 0 Å². The second kappa shape index (κ2) is 5.12. The van der Waals surface area contributed by atoms with Crippen molar-refractivity contribution < 1.29 is 4.74 Å². The highest BCUT2D eigenvalue weighted by atomic mass is 16.5. The molecule has 0 unspecified atom stereocenters. The van der Waals surface area contributed by atoms with Crippen molar-refractivity contribution in [2.75, 3.05) is 19.0 Å².